The van der Waals surface area contributed by atoms with Crippen LogP contribution in [-0.2, 0) is 0 Å². The first-order valence-electron chi connectivity index (χ1n) is 3.04. The molecule has 2 heteroatoms. The molecule has 0 aromatic carbocycles. The van der Waals surface area contributed by atoms with Crippen molar-refractivity contribution < 1.29 is 0 Å². The highest BCUT2D eigenvalue weighted by atomic mass is 14.7. The quantitative estimate of drug-likeness (QED) is 0.559. The fraction of sp³-hybridized carbons (Fsp3) is 0.571. The van der Waals surface area contributed by atoms with Gasteiger partial charge in [-0.1, -0.05) is 13.5 Å². The molecular weight excluding hydrogens is 112 g/mol. The highest BCUT2D eigenvalue weighted by Gasteiger charge is 1.55. The molecule has 0 bridgehead atoms. The lowest BCUT2D eigenvalue weighted by molar-refractivity contribution is 1.02. The summed E-state index contributed by atoms with van der Waals surface area (Å²) < 4.78 is 0. The Kier molecular flexibility index (Phi) is 19.5. The van der Waals surface area contributed by atoms with E-state index in [1.165, 1.54) is 6.20 Å². The van der Waals surface area contributed by atoms with E-state index in [9.17, 15) is 0 Å². The Balaban J connectivity index is 0. The third-order valence-electron chi connectivity index (χ3n) is 0.393. The molecule has 0 amide bonds. The molecule has 0 aromatic heterocycles. The van der Waals surface area contributed by atoms with Crippen molar-refractivity contribution >= 4 is 6.21 Å². The van der Waals surface area contributed by atoms with Crippen LogP contribution in [-0.4, -0.2) is 20.3 Å². The van der Waals surface area contributed by atoms with E-state index in [0.29, 0.717) is 0 Å². The van der Waals surface area contributed by atoms with Crippen molar-refractivity contribution in [1.82, 2.24) is 5.32 Å². The van der Waals surface area contributed by atoms with Crippen molar-refractivity contribution in [2.24, 2.45) is 4.99 Å². The Bertz CT molecular complexity index is 67.3. The second kappa shape index (κ2) is 15.7. The predicted molar refractivity (Wildman–Crippen MR) is 44.0 cm³/mol. The summed E-state index contributed by atoms with van der Waals surface area (Å²) in [5.74, 6) is 0. The van der Waals surface area contributed by atoms with E-state index >= 15 is 0 Å². The summed E-state index contributed by atoms with van der Waals surface area (Å²) in [4.78, 5) is 3.73. The smallest absolute Gasteiger partial charge is 0.0191 e. The van der Waals surface area contributed by atoms with Gasteiger partial charge in [0.15, 0.2) is 0 Å². The molecular formula is C7H16N2. The minimum atomic E-state index is 0.992. The van der Waals surface area contributed by atoms with Crippen molar-refractivity contribution in [3.8, 4) is 0 Å². The molecule has 0 saturated carbocycles. The average Bonchev–Trinajstić information content (AvgIpc) is 1.86. The lowest BCUT2D eigenvalue weighted by Gasteiger charge is -1.68. The van der Waals surface area contributed by atoms with Crippen LogP contribution >= 0.6 is 0 Å². The number of aliphatic imine (C=N–C) groups is 1. The van der Waals surface area contributed by atoms with Crippen molar-refractivity contribution in [3.63, 3.8) is 0 Å². The molecule has 0 saturated heterocycles. The van der Waals surface area contributed by atoms with Gasteiger partial charge in [-0.05, 0) is 20.5 Å². The maximum absolute atomic E-state index is 3.73. The zero-order chi connectivity index (χ0) is 7.54. The highest BCUT2D eigenvalue weighted by molar-refractivity contribution is 5.57. The molecule has 0 radical (unpaired) electrons. The molecule has 54 valence electrons. The maximum atomic E-state index is 3.73. The standard InChI is InChI=1S/C5H9N.C2H7N/c1-3-5-6-4-2;1-3-2/h4-5H,2-3H2,1H3;3H,1-2H3. The largest absolute Gasteiger partial charge is 0.323 e. The number of nitrogens with zero attached hydrogens (tertiary/aromatic N) is 1. The number of hydrogen-bond acceptors (Lipinski definition) is 2. The van der Waals surface area contributed by atoms with Gasteiger partial charge < -0.3 is 5.32 Å². The van der Waals surface area contributed by atoms with Crippen LogP contribution < -0.4 is 5.32 Å². The molecule has 2 nitrogen and oxygen atoms in total. The van der Waals surface area contributed by atoms with Gasteiger partial charge in [-0.2, -0.15) is 0 Å². The molecule has 0 fully saturated rings. The topological polar surface area (TPSA) is 24.4 Å². The van der Waals surface area contributed by atoms with Crippen LogP contribution in [0, 0.1) is 0 Å². The molecule has 0 spiro atoms. The molecule has 0 aliphatic heterocycles. The normalized spacial score (nSPS) is 8.33. The summed E-state index contributed by atoms with van der Waals surface area (Å²) in [7, 11) is 3.75. The monoisotopic (exact) mass is 128 g/mol. The summed E-state index contributed by atoms with van der Waals surface area (Å²) in [5.41, 5.74) is 0. The van der Waals surface area contributed by atoms with Crippen LogP contribution in [0.1, 0.15) is 13.3 Å². The van der Waals surface area contributed by atoms with E-state index in [1.54, 1.807) is 0 Å². The summed E-state index contributed by atoms with van der Waals surface area (Å²) in [6, 6.07) is 0. The summed E-state index contributed by atoms with van der Waals surface area (Å²) >= 11 is 0. The van der Waals surface area contributed by atoms with E-state index in [0.717, 1.165) is 6.42 Å². The van der Waals surface area contributed by atoms with Crippen molar-refractivity contribution in [2.75, 3.05) is 14.1 Å². The second-order valence-electron chi connectivity index (χ2n) is 1.42. The maximum Gasteiger partial charge on any atom is 0.0191 e. The zero-order valence-electron chi connectivity index (χ0n) is 6.52. The first-order valence-corrected chi connectivity index (χ1v) is 3.04. The molecule has 0 aliphatic rings. The number of nitrogens with one attached hydrogen (secondary N) is 1. The first kappa shape index (κ1) is 11.2. The van der Waals surface area contributed by atoms with Crippen LogP contribution in [0.25, 0.3) is 0 Å². The molecule has 0 atom stereocenters. The SMILES string of the molecule is C=CN=CCC.CNC. The van der Waals surface area contributed by atoms with Gasteiger partial charge in [0, 0.05) is 12.4 Å². The highest BCUT2D eigenvalue weighted by Crippen LogP contribution is 1.67. The Morgan fingerprint density at radius 3 is 2.11 bits per heavy atom. The van der Waals surface area contributed by atoms with Gasteiger partial charge in [0.2, 0.25) is 0 Å². The molecule has 0 heterocycles. The Morgan fingerprint density at radius 2 is 2.00 bits per heavy atom. The van der Waals surface area contributed by atoms with Gasteiger partial charge in [0.1, 0.15) is 0 Å². The molecule has 0 rings (SSSR count). The van der Waals surface area contributed by atoms with Gasteiger partial charge >= 0.3 is 0 Å². The third kappa shape index (κ3) is 37.8. The predicted octanol–water partition coefficient (Wildman–Crippen LogP) is 1.45. The Labute approximate surface area is 57.7 Å². The number of rotatable bonds is 2. The Hall–Kier alpha value is -0.630. The summed E-state index contributed by atoms with van der Waals surface area (Å²) in [5, 5.41) is 2.75. The average molecular weight is 128 g/mol. The van der Waals surface area contributed by atoms with Crippen LogP contribution in [0.3, 0.4) is 0 Å². The molecule has 1 N–H and O–H groups in total. The van der Waals surface area contributed by atoms with Gasteiger partial charge in [-0.15, -0.1) is 0 Å². The van der Waals surface area contributed by atoms with Gasteiger partial charge in [0.05, 0.1) is 0 Å². The van der Waals surface area contributed by atoms with Gasteiger partial charge in [0.25, 0.3) is 0 Å². The van der Waals surface area contributed by atoms with Gasteiger partial charge in [-0.3, -0.25) is 4.99 Å². The molecule has 0 aromatic rings. The van der Waals surface area contributed by atoms with E-state index in [-0.39, 0.29) is 0 Å². The van der Waals surface area contributed by atoms with Crippen LogP contribution in [0.4, 0.5) is 0 Å². The summed E-state index contributed by atoms with van der Waals surface area (Å²) in [6.45, 7) is 5.44. The molecule has 9 heavy (non-hydrogen) atoms. The third-order valence-corrected chi connectivity index (χ3v) is 0.393. The minimum absolute atomic E-state index is 0.992. The van der Waals surface area contributed by atoms with Crippen LogP contribution in [0.2, 0.25) is 0 Å². The number of hydrogen-bond donors (Lipinski definition) is 1. The Morgan fingerprint density at radius 1 is 1.56 bits per heavy atom. The fourth-order valence-corrected chi connectivity index (χ4v) is 0.180. The molecule has 0 unspecified atom stereocenters. The lowest BCUT2D eigenvalue weighted by atomic mass is 10.5. The van der Waals surface area contributed by atoms with Crippen molar-refractivity contribution in [1.29, 1.82) is 0 Å². The van der Waals surface area contributed by atoms with E-state index < -0.39 is 0 Å². The zero-order valence-corrected chi connectivity index (χ0v) is 6.52. The van der Waals surface area contributed by atoms with E-state index in [4.69, 9.17) is 0 Å². The molecule has 0 aliphatic carbocycles. The van der Waals surface area contributed by atoms with Crippen LogP contribution in [0.15, 0.2) is 17.8 Å². The fourth-order valence-electron chi connectivity index (χ4n) is 0.180. The lowest BCUT2D eigenvalue weighted by Crippen LogP contribution is -1.89. The van der Waals surface area contributed by atoms with Gasteiger partial charge in [-0.25, -0.2) is 0 Å². The first-order chi connectivity index (χ1) is 4.33. The van der Waals surface area contributed by atoms with E-state index in [1.807, 2.05) is 27.2 Å². The van der Waals surface area contributed by atoms with Crippen molar-refractivity contribution in [2.45, 2.75) is 13.3 Å². The van der Waals surface area contributed by atoms with E-state index in [2.05, 4.69) is 16.9 Å². The van der Waals surface area contributed by atoms with Crippen LogP contribution in [0.5, 0.6) is 0 Å². The second-order valence-corrected chi connectivity index (χ2v) is 1.42. The minimum Gasteiger partial charge on any atom is -0.323 e. The van der Waals surface area contributed by atoms with Crippen molar-refractivity contribution in [3.05, 3.63) is 12.8 Å². The summed E-state index contributed by atoms with van der Waals surface area (Å²) in [6.07, 6.45) is 4.34.